The molecule has 1 saturated heterocycles. The third kappa shape index (κ3) is 4.68. The summed E-state index contributed by atoms with van der Waals surface area (Å²) in [6, 6.07) is 3.66. The first kappa shape index (κ1) is 20.7. The summed E-state index contributed by atoms with van der Waals surface area (Å²) in [5.41, 5.74) is 0.416. The zero-order valence-corrected chi connectivity index (χ0v) is 15.8. The molecular formula is C20H22N2O7. The van der Waals surface area contributed by atoms with E-state index in [4.69, 9.17) is 9.47 Å². The fourth-order valence-electron chi connectivity index (χ4n) is 3.34. The summed E-state index contributed by atoms with van der Waals surface area (Å²) < 4.78 is 10.7. The zero-order chi connectivity index (χ0) is 20.8. The molecule has 0 aromatic heterocycles. The average Bonchev–Trinajstić information content (AvgIpc) is 2.94. The standard InChI is InChI=1S/C20H22N2O7/c23-8-11-28-9-2-1-3-10-29-13-4-5-14-15(12-13)20(27)22(19(14)26)16-6-7-17(24)21-18(16)25/h4-5,8,12,16H,1-3,6-7,9-11H2,(H,21,24,25). The highest BCUT2D eigenvalue weighted by Gasteiger charge is 2.44. The van der Waals surface area contributed by atoms with Gasteiger partial charge in [0.25, 0.3) is 11.8 Å². The molecule has 1 aromatic rings. The minimum Gasteiger partial charge on any atom is -0.494 e. The molecule has 2 aliphatic heterocycles. The number of ether oxygens (including phenoxy) is 2. The topological polar surface area (TPSA) is 119 Å². The Morgan fingerprint density at radius 1 is 1.03 bits per heavy atom. The maximum atomic E-state index is 12.7. The first-order chi connectivity index (χ1) is 14.0. The Balaban J connectivity index is 1.56. The highest BCUT2D eigenvalue weighted by molar-refractivity contribution is 6.23. The van der Waals surface area contributed by atoms with Crippen LogP contribution < -0.4 is 10.1 Å². The summed E-state index contributed by atoms with van der Waals surface area (Å²) in [6.07, 6.45) is 3.37. The van der Waals surface area contributed by atoms with Gasteiger partial charge in [0.15, 0.2) is 0 Å². The monoisotopic (exact) mass is 402 g/mol. The highest BCUT2D eigenvalue weighted by atomic mass is 16.5. The van der Waals surface area contributed by atoms with Gasteiger partial charge in [-0.2, -0.15) is 0 Å². The van der Waals surface area contributed by atoms with Gasteiger partial charge in [0.05, 0.1) is 17.7 Å². The summed E-state index contributed by atoms with van der Waals surface area (Å²) in [7, 11) is 0. The lowest BCUT2D eigenvalue weighted by molar-refractivity contribution is -0.136. The van der Waals surface area contributed by atoms with Gasteiger partial charge in [0.2, 0.25) is 11.8 Å². The third-order valence-corrected chi connectivity index (χ3v) is 4.80. The van der Waals surface area contributed by atoms with Crippen LogP contribution in [0.1, 0.15) is 52.8 Å². The summed E-state index contributed by atoms with van der Waals surface area (Å²) in [4.78, 5) is 59.8. The number of aldehydes is 1. The van der Waals surface area contributed by atoms with Crippen LogP contribution in [0.2, 0.25) is 0 Å². The van der Waals surface area contributed by atoms with E-state index in [0.29, 0.717) is 25.2 Å². The predicted octanol–water partition coefficient (Wildman–Crippen LogP) is 0.852. The Hall–Kier alpha value is -3.07. The second-order valence-electron chi connectivity index (χ2n) is 6.81. The molecule has 0 saturated carbocycles. The van der Waals surface area contributed by atoms with Crippen molar-refractivity contribution < 1.29 is 33.4 Å². The molecule has 154 valence electrons. The number of imide groups is 2. The quantitative estimate of drug-likeness (QED) is 0.350. The maximum Gasteiger partial charge on any atom is 0.262 e. The van der Waals surface area contributed by atoms with Crippen molar-refractivity contribution in [1.82, 2.24) is 10.2 Å². The van der Waals surface area contributed by atoms with Gasteiger partial charge in [0, 0.05) is 13.0 Å². The number of carbonyl (C=O) groups is 5. The number of piperidine rings is 1. The van der Waals surface area contributed by atoms with Crippen LogP contribution in [0.15, 0.2) is 18.2 Å². The molecule has 1 unspecified atom stereocenters. The molecule has 9 nitrogen and oxygen atoms in total. The summed E-state index contributed by atoms with van der Waals surface area (Å²) in [5.74, 6) is -1.68. The maximum absolute atomic E-state index is 12.7. The fraction of sp³-hybridized carbons (Fsp3) is 0.450. The third-order valence-electron chi connectivity index (χ3n) is 4.80. The van der Waals surface area contributed by atoms with Crippen LogP contribution in [-0.2, 0) is 19.1 Å². The van der Waals surface area contributed by atoms with Crippen LogP contribution in [0.3, 0.4) is 0 Å². The average molecular weight is 402 g/mol. The van der Waals surface area contributed by atoms with Crippen molar-refractivity contribution in [3.63, 3.8) is 0 Å². The van der Waals surface area contributed by atoms with Gasteiger partial charge in [-0.1, -0.05) is 0 Å². The Labute approximate surface area is 167 Å². The molecule has 1 atom stereocenters. The van der Waals surface area contributed by atoms with Crippen LogP contribution in [0, 0.1) is 0 Å². The van der Waals surface area contributed by atoms with Gasteiger partial charge in [-0.3, -0.25) is 29.4 Å². The number of nitrogens with one attached hydrogen (secondary N) is 1. The predicted molar refractivity (Wildman–Crippen MR) is 99.3 cm³/mol. The lowest BCUT2D eigenvalue weighted by Gasteiger charge is -2.27. The van der Waals surface area contributed by atoms with Gasteiger partial charge in [-0.15, -0.1) is 0 Å². The highest BCUT2D eigenvalue weighted by Crippen LogP contribution is 2.30. The normalized spacial score (nSPS) is 18.6. The van der Waals surface area contributed by atoms with Crippen LogP contribution in [0.25, 0.3) is 0 Å². The summed E-state index contributed by atoms with van der Waals surface area (Å²) in [6.45, 7) is 1.06. The number of nitrogens with zero attached hydrogens (tertiary/aromatic N) is 1. The first-order valence-corrected chi connectivity index (χ1v) is 9.52. The second kappa shape index (κ2) is 9.42. The van der Waals surface area contributed by atoms with E-state index in [1.165, 1.54) is 12.1 Å². The Kier molecular flexibility index (Phi) is 6.71. The molecule has 1 fully saturated rings. The van der Waals surface area contributed by atoms with Crippen LogP contribution in [0.4, 0.5) is 0 Å². The van der Waals surface area contributed by atoms with E-state index in [2.05, 4.69) is 5.32 Å². The largest absolute Gasteiger partial charge is 0.494 e. The molecule has 2 heterocycles. The number of unbranched alkanes of at least 4 members (excludes halogenated alkanes) is 2. The Morgan fingerprint density at radius 2 is 1.79 bits per heavy atom. The smallest absolute Gasteiger partial charge is 0.262 e. The van der Waals surface area contributed by atoms with Gasteiger partial charge in [-0.05, 0) is 43.9 Å². The van der Waals surface area contributed by atoms with E-state index in [9.17, 15) is 24.0 Å². The molecule has 3 rings (SSSR count). The van der Waals surface area contributed by atoms with E-state index in [1.54, 1.807) is 6.07 Å². The molecular weight excluding hydrogens is 380 g/mol. The van der Waals surface area contributed by atoms with E-state index in [0.717, 1.165) is 24.2 Å². The van der Waals surface area contributed by atoms with Gasteiger partial charge in [-0.25, -0.2) is 0 Å². The molecule has 0 aliphatic carbocycles. The number of amides is 4. The Bertz CT molecular complexity index is 836. The second-order valence-corrected chi connectivity index (χ2v) is 6.81. The Morgan fingerprint density at radius 3 is 2.55 bits per heavy atom. The van der Waals surface area contributed by atoms with E-state index >= 15 is 0 Å². The molecule has 4 amide bonds. The molecule has 29 heavy (non-hydrogen) atoms. The molecule has 0 bridgehead atoms. The zero-order valence-electron chi connectivity index (χ0n) is 15.8. The minimum absolute atomic E-state index is 0.0817. The van der Waals surface area contributed by atoms with Gasteiger partial charge >= 0.3 is 0 Å². The number of carbonyl (C=O) groups excluding carboxylic acids is 5. The van der Waals surface area contributed by atoms with E-state index in [1.807, 2.05) is 0 Å². The van der Waals surface area contributed by atoms with Crippen LogP contribution in [-0.4, -0.2) is 60.7 Å². The summed E-state index contributed by atoms with van der Waals surface area (Å²) >= 11 is 0. The number of benzene rings is 1. The van der Waals surface area contributed by atoms with Crippen molar-refractivity contribution in [3.8, 4) is 5.75 Å². The number of fused-ring (bicyclic) bond motifs is 1. The van der Waals surface area contributed by atoms with Gasteiger partial charge < -0.3 is 14.3 Å². The van der Waals surface area contributed by atoms with Crippen molar-refractivity contribution in [3.05, 3.63) is 29.3 Å². The fourth-order valence-corrected chi connectivity index (χ4v) is 3.34. The van der Waals surface area contributed by atoms with Crippen molar-refractivity contribution in [2.45, 2.75) is 38.1 Å². The number of hydrogen-bond acceptors (Lipinski definition) is 7. The molecule has 1 aromatic carbocycles. The minimum atomic E-state index is -0.981. The van der Waals surface area contributed by atoms with Crippen molar-refractivity contribution in [1.29, 1.82) is 0 Å². The molecule has 0 radical (unpaired) electrons. The molecule has 1 N–H and O–H groups in total. The van der Waals surface area contributed by atoms with Crippen molar-refractivity contribution in [2.75, 3.05) is 19.8 Å². The van der Waals surface area contributed by atoms with Crippen molar-refractivity contribution >= 4 is 29.9 Å². The molecule has 0 spiro atoms. The SMILES string of the molecule is O=CCOCCCCCOc1ccc2c(c1)C(=O)N(C1CCC(=O)NC1=O)C2=O. The van der Waals surface area contributed by atoms with E-state index in [-0.39, 0.29) is 30.6 Å². The van der Waals surface area contributed by atoms with E-state index < -0.39 is 29.7 Å². The number of hydrogen-bond donors (Lipinski definition) is 1. The van der Waals surface area contributed by atoms with Crippen LogP contribution in [0.5, 0.6) is 5.75 Å². The molecule has 2 aliphatic rings. The summed E-state index contributed by atoms with van der Waals surface area (Å²) in [5, 5.41) is 2.17. The lowest BCUT2D eigenvalue weighted by Crippen LogP contribution is -2.54. The van der Waals surface area contributed by atoms with Crippen LogP contribution >= 0.6 is 0 Å². The lowest BCUT2D eigenvalue weighted by atomic mass is 10.0. The molecule has 9 heteroatoms. The van der Waals surface area contributed by atoms with Crippen molar-refractivity contribution in [2.24, 2.45) is 0 Å². The number of rotatable bonds is 10. The van der Waals surface area contributed by atoms with Gasteiger partial charge in [0.1, 0.15) is 24.7 Å². The first-order valence-electron chi connectivity index (χ1n) is 9.52.